The highest BCUT2D eigenvalue weighted by Crippen LogP contribution is 2.38. The van der Waals surface area contributed by atoms with Gasteiger partial charge in [0, 0.05) is 17.3 Å². The number of benzene rings is 1. The normalized spacial score (nSPS) is 20.5. The Morgan fingerprint density at radius 2 is 2.16 bits per heavy atom. The SMILES string of the molecule is COc1ccc([C@@H](NC(=O)c2ccc(Cl)cc2F)C2CC(O)C2)cn1. The first kappa shape index (κ1) is 17.6. The van der Waals surface area contributed by atoms with Gasteiger partial charge in [-0.25, -0.2) is 9.37 Å². The van der Waals surface area contributed by atoms with Crippen molar-refractivity contribution in [2.24, 2.45) is 5.92 Å². The van der Waals surface area contributed by atoms with E-state index in [-0.39, 0.29) is 28.6 Å². The van der Waals surface area contributed by atoms with Gasteiger partial charge >= 0.3 is 0 Å². The maximum atomic E-state index is 14.0. The molecule has 5 nitrogen and oxygen atoms in total. The number of carbonyl (C=O) groups is 1. The minimum absolute atomic E-state index is 0.0597. The van der Waals surface area contributed by atoms with Gasteiger partial charge in [-0.15, -0.1) is 0 Å². The maximum Gasteiger partial charge on any atom is 0.254 e. The van der Waals surface area contributed by atoms with Crippen LogP contribution in [0.15, 0.2) is 36.5 Å². The van der Waals surface area contributed by atoms with Gasteiger partial charge in [-0.1, -0.05) is 17.7 Å². The lowest BCUT2D eigenvalue weighted by molar-refractivity contribution is 0.0234. The number of amides is 1. The minimum atomic E-state index is -0.676. The Kier molecular flexibility index (Phi) is 5.20. The largest absolute Gasteiger partial charge is 0.481 e. The first-order valence-electron chi connectivity index (χ1n) is 7.92. The van der Waals surface area contributed by atoms with Crippen molar-refractivity contribution < 1.29 is 19.0 Å². The minimum Gasteiger partial charge on any atom is -0.481 e. The Balaban J connectivity index is 1.83. The van der Waals surface area contributed by atoms with E-state index >= 15 is 0 Å². The van der Waals surface area contributed by atoms with E-state index in [2.05, 4.69) is 10.3 Å². The summed E-state index contributed by atoms with van der Waals surface area (Å²) in [6, 6.07) is 7.06. The van der Waals surface area contributed by atoms with E-state index < -0.39 is 11.7 Å². The Hall–Kier alpha value is -2.18. The number of rotatable bonds is 5. The van der Waals surface area contributed by atoms with Gasteiger partial charge in [-0.3, -0.25) is 4.79 Å². The second-order valence-corrected chi connectivity index (χ2v) is 6.53. The van der Waals surface area contributed by atoms with Gasteiger partial charge in [0.25, 0.3) is 5.91 Å². The van der Waals surface area contributed by atoms with E-state index in [0.29, 0.717) is 18.7 Å². The second kappa shape index (κ2) is 7.37. The number of hydrogen-bond donors (Lipinski definition) is 2. The molecular weight excluding hydrogens is 347 g/mol. The van der Waals surface area contributed by atoms with E-state index in [1.165, 1.54) is 19.2 Å². The van der Waals surface area contributed by atoms with Crippen LogP contribution in [0.25, 0.3) is 0 Å². The lowest BCUT2D eigenvalue weighted by atomic mass is 9.75. The quantitative estimate of drug-likeness (QED) is 0.855. The van der Waals surface area contributed by atoms with Gasteiger partial charge in [-0.2, -0.15) is 0 Å². The van der Waals surface area contributed by atoms with Gasteiger partial charge in [0.2, 0.25) is 5.88 Å². The Morgan fingerprint density at radius 3 is 2.72 bits per heavy atom. The first-order chi connectivity index (χ1) is 12.0. The molecule has 0 spiro atoms. The summed E-state index contributed by atoms with van der Waals surface area (Å²) in [7, 11) is 1.52. The van der Waals surface area contributed by atoms with E-state index in [1.54, 1.807) is 18.3 Å². The van der Waals surface area contributed by atoms with Crippen LogP contribution in [-0.2, 0) is 0 Å². The predicted molar refractivity (Wildman–Crippen MR) is 91.1 cm³/mol. The van der Waals surface area contributed by atoms with Gasteiger partial charge in [0.1, 0.15) is 5.82 Å². The molecule has 0 saturated heterocycles. The summed E-state index contributed by atoms with van der Waals surface area (Å²) >= 11 is 5.73. The number of nitrogens with one attached hydrogen (secondary N) is 1. The molecule has 1 fully saturated rings. The first-order valence-corrected chi connectivity index (χ1v) is 8.29. The van der Waals surface area contributed by atoms with Crippen LogP contribution in [0.3, 0.4) is 0 Å². The van der Waals surface area contributed by atoms with Gasteiger partial charge in [0.05, 0.1) is 24.8 Å². The molecule has 1 heterocycles. The second-order valence-electron chi connectivity index (χ2n) is 6.09. The van der Waals surface area contributed by atoms with Crippen molar-refractivity contribution in [1.29, 1.82) is 0 Å². The van der Waals surface area contributed by atoms with Gasteiger partial charge in [0.15, 0.2) is 0 Å². The molecule has 2 N–H and O–H groups in total. The molecule has 2 aromatic rings. The molecule has 1 amide bonds. The van der Waals surface area contributed by atoms with Crippen molar-refractivity contribution >= 4 is 17.5 Å². The van der Waals surface area contributed by atoms with E-state index in [9.17, 15) is 14.3 Å². The van der Waals surface area contributed by atoms with Crippen LogP contribution in [0.2, 0.25) is 5.02 Å². The molecule has 0 bridgehead atoms. The average molecular weight is 365 g/mol. The topological polar surface area (TPSA) is 71.5 Å². The Bertz CT molecular complexity index is 763. The number of aliphatic hydroxyl groups excluding tert-OH is 1. The summed E-state index contributed by atoms with van der Waals surface area (Å²) in [5.41, 5.74) is 0.705. The number of pyridine rings is 1. The molecule has 1 aromatic carbocycles. The maximum absolute atomic E-state index is 14.0. The number of carbonyl (C=O) groups excluding carboxylic acids is 1. The van der Waals surface area contributed by atoms with Crippen LogP contribution in [0, 0.1) is 11.7 Å². The van der Waals surface area contributed by atoms with E-state index in [0.717, 1.165) is 11.6 Å². The van der Waals surface area contributed by atoms with E-state index in [4.69, 9.17) is 16.3 Å². The van der Waals surface area contributed by atoms with Crippen molar-refractivity contribution in [2.75, 3.05) is 7.11 Å². The Labute approximate surface area is 149 Å². The lowest BCUT2D eigenvalue weighted by Gasteiger charge is -2.38. The summed E-state index contributed by atoms with van der Waals surface area (Å²) in [4.78, 5) is 16.7. The van der Waals surface area contributed by atoms with Crippen molar-refractivity contribution in [3.8, 4) is 5.88 Å². The zero-order valence-electron chi connectivity index (χ0n) is 13.6. The third kappa shape index (κ3) is 3.91. The zero-order chi connectivity index (χ0) is 18.0. The van der Waals surface area contributed by atoms with Gasteiger partial charge < -0.3 is 15.2 Å². The van der Waals surface area contributed by atoms with Crippen LogP contribution >= 0.6 is 11.6 Å². The number of nitrogens with zero attached hydrogens (tertiary/aromatic N) is 1. The molecule has 25 heavy (non-hydrogen) atoms. The van der Waals surface area contributed by atoms with Crippen LogP contribution in [-0.4, -0.2) is 29.2 Å². The molecule has 1 saturated carbocycles. The van der Waals surface area contributed by atoms with Crippen LogP contribution in [0.5, 0.6) is 5.88 Å². The van der Waals surface area contributed by atoms with Crippen LogP contribution in [0.4, 0.5) is 4.39 Å². The average Bonchev–Trinajstić information content (AvgIpc) is 2.57. The van der Waals surface area contributed by atoms with Crippen LogP contribution in [0.1, 0.15) is 34.8 Å². The molecule has 0 aliphatic heterocycles. The molecule has 1 aliphatic carbocycles. The van der Waals surface area contributed by atoms with E-state index in [1.807, 2.05) is 0 Å². The monoisotopic (exact) mass is 364 g/mol. The standard InChI is InChI=1S/C18H18ClFN2O3/c1-25-16-5-2-10(9-21-16)17(11-6-13(23)7-11)22-18(24)14-4-3-12(19)8-15(14)20/h2-5,8-9,11,13,17,23H,6-7H2,1H3,(H,22,24)/t11?,13?,17-/m1/s1. The van der Waals surface area contributed by atoms with Gasteiger partial charge in [-0.05, 0) is 42.5 Å². The highest BCUT2D eigenvalue weighted by atomic mass is 35.5. The molecule has 1 aliphatic rings. The molecular formula is C18H18ClFN2O3. The third-order valence-corrected chi connectivity index (χ3v) is 4.65. The molecule has 0 unspecified atom stereocenters. The summed E-state index contributed by atoms with van der Waals surface area (Å²) < 4.78 is 19.0. The smallest absolute Gasteiger partial charge is 0.254 e. The number of hydrogen-bond acceptors (Lipinski definition) is 4. The summed E-state index contributed by atoms with van der Waals surface area (Å²) in [5.74, 6) is -0.683. The predicted octanol–water partition coefficient (Wildman–Crippen LogP) is 3.12. The number of aromatic nitrogens is 1. The zero-order valence-corrected chi connectivity index (χ0v) is 14.3. The lowest BCUT2D eigenvalue weighted by Crippen LogP contribution is -2.41. The fourth-order valence-corrected chi connectivity index (χ4v) is 3.12. The molecule has 0 radical (unpaired) electrons. The molecule has 3 rings (SSSR count). The van der Waals surface area contributed by atoms with Crippen molar-refractivity contribution in [3.05, 3.63) is 58.5 Å². The molecule has 1 atom stereocenters. The fourth-order valence-electron chi connectivity index (χ4n) is 2.96. The number of halogens is 2. The highest BCUT2D eigenvalue weighted by molar-refractivity contribution is 6.30. The molecule has 1 aromatic heterocycles. The Morgan fingerprint density at radius 1 is 1.40 bits per heavy atom. The summed E-state index contributed by atoms with van der Waals surface area (Å²) in [6.07, 6.45) is 2.38. The molecule has 132 valence electrons. The van der Waals surface area contributed by atoms with Crippen molar-refractivity contribution in [3.63, 3.8) is 0 Å². The summed E-state index contributed by atoms with van der Waals surface area (Å²) in [6.45, 7) is 0. The van der Waals surface area contributed by atoms with Crippen molar-refractivity contribution in [1.82, 2.24) is 10.3 Å². The summed E-state index contributed by atoms with van der Waals surface area (Å²) in [5, 5.41) is 12.7. The third-order valence-electron chi connectivity index (χ3n) is 4.41. The fraction of sp³-hybridized carbons (Fsp3) is 0.333. The van der Waals surface area contributed by atoms with Crippen LogP contribution < -0.4 is 10.1 Å². The number of aliphatic hydroxyl groups is 1. The highest BCUT2D eigenvalue weighted by Gasteiger charge is 2.36. The van der Waals surface area contributed by atoms with Crippen molar-refractivity contribution in [2.45, 2.75) is 25.0 Å². The molecule has 7 heteroatoms. The number of methoxy groups -OCH3 is 1. The number of ether oxygens (including phenoxy) is 1.